The van der Waals surface area contributed by atoms with Crippen LogP contribution in [0, 0.1) is 0 Å². The number of aliphatic hydroxyl groups excluding tert-OH is 3. The quantitative estimate of drug-likeness (QED) is 0.469. The maximum atomic E-state index is 10.3. The molecule has 5 atom stereocenters. The number of nitrogens with zero attached hydrogens (tertiary/aromatic N) is 4. The molecule has 4 N–H and O–H groups in total. The Bertz CT molecular complexity index is 979. The highest BCUT2D eigenvalue weighted by molar-refractivity contribution is 5.82. The van der Waals surface area contributed by atoms with Crippen molar-refractivity contribution < 1.29 is 24.8 Å². The molecule has 1 aliphatic rings. The Labute approximate surface area is 166 Å². The van der Waals surface area contributed by atoms with Crippen LogP contribution < -0.4 is 10.1 Å². The van der Waals surface area contributed by atoms with Crippen LogP contribution in [0.3, 0.4) is 0 Å². The fraction of sp³-hybridized carbons (Fsp3) is 0.421. The van der Waals surface area contributed by atoms with Gasteiger partial charge < -0.3 is 30.1 Å². The molecule has 10 heteroatoms. The number of rotatable bonds is 6. The minimum Gasteiger partial charge on any atom is -0.497 e. The van der Waals surface area contributed by atoms with E-state index in [1.807, 2.05) is 31.2 Å². The summed E-state index contributed by atoms with van der Waals surface area (Å²) in [6.07, 6.45) is -1.32. The second kappa shape index (κ2) is 7.91. The number of benzene rings is 1. The van der Waals surface area contributed by atoms with Crippen molar-refractivity contribution in [3.63, 3.8) is 0 Å². The number of aliphatic hydroxyl groups is 3. The average molecular weight is 401 g/mol. The third-order valence-corrected chi connectivity index (χ3v) is 5.12. The van der Waals surface area contributed by atoms with Gasteiger partial charge in [0.15, 0.2) is 23.2 Å². The molecule has 0 saturated carbocycles. The van der Waals surface area contributed by atoms with Crippen LogP contribution in [0.4, 0.5) is 5.82 Å². The van der Waals surface area contributed by atoms with Crippen LogP contribution >= 0.6 is 0 Å². The summed E-state index contributed by atoms with van der Waals surface area (Å²) in [5, 5.41) is 32.9. The summed E-state index contributed by atoms with van der Waals surface area (Å²) in [5.41, 5.74) is 1.99. The molecule has 0 amide bonds. The number of imidazole rings is 1. The zero-order valence-corrected chi connectivity index (χ0v) is 16.0. The molecule has 0 spiro atoms. The Hall–Kier alpha value is -2.79. The van der Waals surface area contributed by atoms with Crippen LogP contribution in [0.25, 0.3) is 11.2 Å². The van der Waals surface area contributed by atoms with Crippen molar-refractivity contribution in [3.05, 3.63) is 42.5 Å². The zero-order chi connectivity index (χ0) is 20.5. The van der Waals surface area contributed by atoms with Gasteiger partial charge in [0.05, 0.1) is 26.1 Å². The van der Waals surface area contributed by atoms with E-state index in [-0.39, 0.29) is 6.04 Å². The SMILES string of the molecule is COc1ccc([C@H](C)Nc2ncnc3c2ncn3[C@@H]2O[C@H](CO)C(O)C2O)cc1. The average Bonchev–Trinajstić information content (AvgIpc) is 3.30. The third kappa shape index (κ3) is 3.51. The Morgan fingerprint density at radius 2 is 1.93 bits per heavy atom. The van der Waals surface area contributed by atoms with Gasteiger partial charge in [-0.05, 0) is 24.6 Å². The molecule has 3 aromatic rings. The lowest BCUT2D eigenvalue weighted by Gasteiger charge is -2.17. The van der Waals surface area contributed by atoms with Gasteiger partial charge in [0.1, 0.15) is 30.4 Å². The second-order valence-electron chi connectivity index (χ2n) is 6.91. The largest absolute Gasteiger partial charge is 0.497 e. The van der Waals surface area contributed by atoms with Gasteiger partial charge in [-0.15, -0.1) is 0 Å². The molecule has 2 unspecified atom stereocenters. The van der Waals surface area contributed by atoms with Crippen molar-refractivity contribution in [1.82, 2.24) is 19.5 Å². The topological polar surface area (TPSA) is 135 Å². The number of hydrogen-bond acceptors (Lipinski definition) is 9. The van der Waals surface area contributed by atoms with Crippen LogP contribution in [0.1, 0.15) is 24.8 Å². The van der Waals surface area contributed by atoms with Crippen LogP contribution in [0.15, 0.2) is 36.9 Å². The molecular formula is C19H23N5O5. The molecule has 1 aromatic carbocycles. The summed E-state index contributed by atoms with van der Waals surface area (Å²) in [4.78, 5) is 12.9. The maximum absolute atomic E-state index is 10.3. The summed E-state index contributed by atoms with van der Waals surface area (Å²) in [6.45, 7) is 1.60. The fourth-order valence-electron chi connectivity index (χ4n) is 3.43. The fourth-order valence-corrected chi connectivity index (χ4v) is 3.43. The predicted molar refractivity (Wildman–Crippen MR) is 103 cm³/mol. The van der Waals surface area contributed by atoms with Crippen LogP contribution in [0.2, 0.25) is 0 Å². The summed E-state index contributed by atoms with van der Waals surface area (Å²) in [5.74, 6) is 1.31. The van der Waals surface area contributed by atoms with E-state index in [0.717, 1.165) is 11.3 Å². The molecule has 154 valence electrons. The van der Waals surface area contributed by atoms with Crippen molar-refractivity contribution in [2.24, 2.45) is 0 Å². The molecule has 2 aromatic heterocycles. The first-order valence-corrected chi connectivity index (χ1v) is 9.24. The molecule has 10 nitrogen and oxygen atoms in total. The Morgan fingerprint density at radius 1 is 1.17 bits per heavy atom. The molecule has 1 saturated heterocycles. The molecule has 29 heavy (non-hydrogen) atoms. The summed E-state index contributed by atoms with van der Waals surface area (Å²) >= 11 is 0. The lowest BCUT2D eigenvalue weighted by Crippen LogP contribution is -2.33. The van der Waals surface area contributed by atoms with E-state index in [0.29, 0.717) is 17.0 Å². The number of anilines is 1. The van der Waals surface area contributed by atoms with E-state index in [2.05, 4.69) is 20.3 Å². The molecule has 0 aliphatic carbocycles. The number of hydrogen-bond donors (Lipinski definition) is 4. The molecule has 1 fully saturated rings. The molecule has 0 bridgehead atoms. The Morgan fingerprint density at radius 3 is 2.59 bits per heavy atom. The Balaban J connectivity index is 1.60. The Kier molecular flexibility index (Phi) is 5.33. The second-order valence-corrected chi connectivity index (χ2v) is 6.91. The molecule has 0 radical (unpaired) electrons. The van der Waals surface area contributed by atoms with Crippen molar-refractivity contribution in [1.29, 1.82) is 0 Å². The summed E-state index contributed by atoms with van der Waals surface area (Å²) in [6, 6.07) is 7.65. The monoisotopic (exact) mass is 401 g/mol. The summed E-state index contributed by atoms with van der Waals surface area (Å²) in [7, 11) is 1.62. The van der Waals surface area contributed by atoms with E-state index in [4.69, 9.17) is 9.47 Å². The number of methoxy groups -OCH3 is 1. The molecular weight excluding hydrogens is 378 g/mol. The van der Waals surface area contributed by atoms with Gasteiger partial charge in [-0.25, -0.2) is 15.0 Å². The van der Waals surface area contributed by atoms with Gasteiger partial charge in [-0.2, -0.15) is 0 Å². The highest BCUT2D eigenvalue weighted by Gasteiger charge is 2.44. The van der Waals surface area contributed by atoms with E-state index in [1.165, 1.54) is 17.2 Å². The van der Waals surface area contributed by atoms with Crippen LogP contribution in [0.5, 0.6) is 5.75 Å². The first kappa shape index (κ1) is 19.5. The van der Waals surface area contributed by atoms with E-state index >= 15 is 0 Å². The summed E-state index contributed by atoms with van der Waals surface area (Å²) < 4.78 is 12.3. The molecule has 4 rings (SSSR count). The standard InChI is InChI=1S/C19H23N5O5/c1-10(11-3-5-12(28-2)6-4-11)23-17-14-18(21-8-20-17)24(9-22-14)19-16(27)15(26)13(7-25)29-19/h3-6,8-10,13,15-16,19,25-27H,7H2,1-2H3,(H,20,21,23)/t10-,13+,15?,16?,19+/m0/s1. The number of ether oxygens (including phenoxy) is 2. The van der Waals surface area contributed by atoms with E-state index < -0.39 is 31.1 Å². The number of aromatic nitrogens is 4. The zero-order valence-electron chi connectivity index (χ0n) is 16.0. The molecule has 3 heterocycles. The highest BCUT2D eigenvalue weighted by atomic mass is 16.6. The van der Waals surface area contributed by atoms with Gasteiger partial charge in [-0.1, -0.05) is 12.1 Å². The lowest BCUT2D eigenvalue weighted by molar-refractivity contribution is -0.0511. The minimum atomic E-state index is -1.21. The van der Waals surface area contributed by atoms with E-state index in [9.17, 15) is 15.3 Å². The van der Waals surface area contributed by atoms with Gasteiger partial charge in [0.2, 0.25) is 0 Å². The van der Waals surface area contributed by atoms with E-state index in [1.54, 1.807) is 7.11 Å². The van der Waals surface area contributed by atoms with Crippen LogP contribution in [-0.2, 0) is 4.74 Å². The first-order chi connectivity index (χ1) is 14.0. The van der Waals surface area contributed by atoms with Crippen molar-refractivity contribution in [3.8, 4) is 5.75 Å². The van der Waals surface area contributed by atoms with Crippen molar-refractivity contribution >= 4 is 17.0 Å². The predicted octanol–water partition coefficient (Wildman–Crippen LogP) is 0.619. The number of fused-ring (bicyclic) bond motifs is 1. The lowest BCUT2D eigenvalue weighted by atomic mass is 10.1. The third-order valence-electron chi connectivity index (χ3n) is 5.12. The van der Waals surface area contributed by atoms with Gasteiger partial charge in [-0.3, -0.25) is 4.57 Å². The molecule has 1 aliphatic heterocycles. The highest BCUT2D eigenvalue weighted by Crippen LogP contribution is 2.32. The van der Waals surface area contributed by atoms with Gasteiger partial charge in [0, 0.05) is 0 Å². The maximum Gasteiger partial charge on any atom is 0.167 e. The van der Waals surface area contributed by atoms with Crippen molar-refractivity contribution in [2.45, 2.75) is 37.5 Å². The van der Waals surface area contributed by atoms with Gasteiger partial charge >= 0.3 is 0 Å². The smallest absolute Gasteiger partial charge is 0.167 e. The first-order valence-electron chi connectivity index (χ1n) is 9.24. The normalized spacial score (nSPS) is 25.3. The van der Waals surface area contributed by atoms with Crippen molar-refractivity contribution in [2.75, 3.05) is 19.0 Å². The van der Waals surface area contributed by atoms with Crippen LogP contribution in [-0.4, -0.2) is 66.9 Å². The van der Waals surface area contributed by atoms with Gasteiger partial charge in [0.25, 0.3) is 0 Å². The number of nitrogens with one attached hydrogen (secondary N) is 1. The minimum absolute atomic E-state index is 0.0573.